The Balaban J connectivity index is 1.71. The molecule has 22 heavy (non-hydrogen) atoms. The molecule has 0 aliphatic rings. The lowest BCUT2D eigenvalue weighted by molar-refractivity contribution is 0.251. The van der Waals surface area contributed by atoms with Gasteiger partial charge >= 0.3 is 6.03 Å². The van der Waals surface area contributed by atoms with Gasteiger partial charge in [-0.15, -0.1) is 22.7 Å². The van der Waals surface area contributed by atoms with Crippen molar-refractivity contribution in [2.45, 2.75) is 13.5 Å². The number of nitrogens with zero attached hydrogens (tertiary/aromatic N) is 2. The van der Waals surface area contributed by atoms with Crippen LogP contribution < -0.4 is 10.6 Å². The normalized spacial score (nSPS) is 10.4. The quantitative estimate of drug-likeness (QED) is 0.762. The molecular weight excluding hydrogens is 316 g/mol. The zero-order valence-electron chi connectivity index (χ0n) is 11.9. The van der Waals surface area contributed by atoms with Crippen LogP contribution in [0.15, 0.2) is 41.4 Å². The van der Waals surface area contributed by atoms with Crippen LogP contribution in [-0.2, 0) is 6.54 Å². The van der Waals surface area contributed by atoms with Crippen molar-refractivity contribution < 1.29 is 4.79 Å². The van der Waals surface area contributed by atoms with E-state index in [0.717, 1.165) is 16.3 Å². The van der Waals surface area contributed by atoms with Crippen molar-refractivity contribution in [3.63, 3.8) is 0 Å². The molecule has 0 fully saturated rings. The molecule has 5 nitrogen and oxygen atoms in total. The van der Waals surface area contributed by atoms with E-state index < -0.39 is 0 Å². The number of aromatic nitrogens is 2. The molecule has 0 atom stereocenters. The number of aryl methyl sites for hydroxylation is 1. The maximum atomic E-state index is 12.0. The first-order chi connectivity index (χ1) is 10.7. The summed E-state index contributed by atoms with van der Waals surface area (Å²) in [5, 5.41) is 10.4. The average molecular weight is 330 g/mol. The van der Waals surface area contributed by atoms with Gasteiger partial charge in [0.2, 0.25) is 0 Å². The summed E-state index contributed by atoms with van der Waals surface area (Å²) < 4.78 is 0. The van der Waals surface area contributed by atoms with Crippen molar-refractivity contribution >= 4 is 34.4 Å². The first kappa shape index (κ1) is 14.7. The summed E-state index contributed by atoms with van der Waals surface area (Å²) in [5.74, 6) is 0. The van der Waals surface area contributed by atoms with E-state index in [0.29, 0.717) is 12.2 Å². The minimum absolute atomic E-state index is 0.267. The molecule has 2 amide bonds. The van der Waals surface area contributed by atoms with Gasteiger partial charge in [0, 0.05) is 33.6 Å². The van der Waals surface area contributed by atoms with Crippen molar-refractivity contribution in [3.05, 3.63) is 51.2 Å². The van der Waals surface area contributed by atoms with Crippen molar-refractivity contribution in [3.8, 4) is 11.3 Å². The highest BCUT2D eigenvalue weighted by molar-refractivity contribution is 7.10. The molecule has 0 aliphatic carbocycles. The molecule has 0 aromatic carbocycles. The maximum Gasteiger partial charge on any atom is 0.319 e. The number of hydrogen-bond donors (Lipinski definition) is 2. The standard InChI is InChI=1S/C15H14N4OS2/c1-10-7-11(9-22-10)14-12(3-2-4-17-14)19-15(20)18-8-13-16-5-6-21-13/h2-7,9H,8H2,1H3,(H2,18,19,20). The van der Waals surface area contributed by atoms with Gasteiger partial charge in [0.05, 0.1) is 17.9 Å². The molecule has 0 bridgehead atoms. The summed E-state index contributed by atoms with van der Waals surface area (Å²) in [7, 11) is 0. The van der Waals surface area contributed by atoms with E-state index in [9.17, 15) is 4.79 Å². The lowest BCUT2D eigenvalue weighted by Gasteiger charge is -2.09. The van der Waals surface area contributed by atoms with E-state index in [4.69, 9.17) is 0 Å². The summed E-state index contributed by atoms with van der Waals surface area (Å²) >= 11 is 3.17. The Labute approximate surface area is 136 Å². The van der Waals surface area contributed by atoms with Crippen LogP contribution >= 0.6 is 22.7 Å². The number of nitrogens with one attached hydrogen (secondary N) is 2. The van der Waals surface area contributed by atoms with Gasteiger partial charge in [0.25, 0.3) is 0 Å². The lowest BCUT2D eigenvalue weighted by Crippen LogP contribution is -2.28. The van der Waals surface area contributed by atoms with Crippen LogP contribution in [0.25, 0.3) is 11.3 Å². The fraction of sp³-hybridized carbons (Fsp3) is 0.133. The number of carbonyl (C=O) groups excluding carboxylic acids is 1. The third-order valence-electron chi connectivity index (χ3n) is 2.94. The lowest BCUT2D eigenvalue weighted by atomic mass is 10.2. The summed E-state index contributed by atoms with van der Waals surface area (Å²) in [4.78, 5) is 21.7. The molecule has 0 spiro atoms. The maximum absolute atomic E-state index is 12.0. The third-order valence-corrected chi connectivity index (χ3v) is 4.58. The largest absolute Gasteiger partial charge is 0.331 e. The van der Waals surface area contributed by atoms with Gasteiger partial charge in [-0.1, -0.05) is 0 Å². The van der Waals surface area contributed by atoms with Crippen LogP contribution in [0.5, 0.6) is 0 Å². The first-order valence-corrected chi connectivity index (χ1v) is 8.42. The minimum atomic E-state index is -0.267. The number of thiophene rings is 1. The SMILES string of the molecule is Cc1cc(-c2ncccc2NC(=O)NCc2nccs2)cs1. The number of urea groups is 1. The van der Waals surface area contributed by atoms with Crippen molar-refractivity contribution in [2.75, 3.05) is 5.32 Å². The van der Waals surface area contributed by atoms with Gasteiger partial charge in [-0.05, 0) is 25.1 Å². The Bertz CT molecular complexity index is 767. The Morgan fingerprint density at radius 3 is 2.91 bits per heavy atom. The molecular formula is C15H14N4OS2. The van der Waals surface area contributed by atoms with E-state index in [-0.39, 0.29) is 6.03 Å². The molecule has 112 valence electrons. The second-order valence-electron chi connectivity index (χ2n) is 4.58. The van der Waals surface area contributed by atoms with Gasteiger partial charge in [0.1, 0.15) is 5.01 Å². The van der Waals surface area contributed by atoms with Crippen LogP contribution in [0.4, 0.5) is 10.5 Å². The predicted octanol–water partition coefficient (Wildman–Crippen LogP) is 3.90. The van der Waals surface area contributed by atoms with Crippen molar-refractivity contribution in [1.82, 2.24) is 15.3 Å². The average Bonchev–Trinajstić information content (AvgIpc) is 3.17. The van der Waals surface area contributed by atoms with Gasteiger partial charge in [-0.2, -0.15) is 0 Å². The Kier molecular flexibility index (Phi) is 4.45. The predicted molar refractivity (Wildman–Crippen MR) is 90.3 cm³/mol. The smallest absolute Gasteiger partial charge is 0.319 e. The topological polar surface area (TPSA) is 66.9 Å². The summed E-state index contributed by atoms with van der Waals surface area (Å²) in [6.45, 7) is 2.46. The van der Waals surface area contributed by atoms with Gasteiger partial charge < -0.3 is 10.6 Å². The van der Waals surface area contributed by atoms with Gasteiger partial charge in [-0.25, -0.2) is 9.78 Å². The zero-order valence-corrected chi connectivity index (χ0v) is 13.5. The Morgan fingerprint density at radius 2 is 2.18 bits per heavy atom. The molecule has 3 aromatic heterocycles. The molecule has 0 saturated heterocycles. The van der Waals surface area contributed by atoms with Crippen molar-refractivity contribution in [2.24, 2.45) is 0 Å². The number of amides is 2. The number of carbonyl (C=O) groups is 1. The van der Waals surface area contributed by atoms with Crippen LogP contribution in [-0.4, -0.2) is 16.0 Å². The number of pyridine rings is 1. The van der Waals surface area contributed by atoms with E-state index >= 15 is 0 Å². The van der Waals surface area contributed by atoms with Crippen LogP contribution in [0.1, 0.15) is 9.88 Å². The van der Waals surface area contributed by atoms with Crippen LogP contribution in [0, 0.1) is 6.92 Å². The van der Waals surface area contributed by atoms with E-state index in [2.05, 4.69) is 26.7 Å². The highest BCUT2D eigenvalue weighted by Crippen LogP contribution is 2.29. The number of anilines is 1. The monoisotopic (exact) mass is 330 g/mol. The fourth-order valence-corrected chi connectivity index (χ4v) is 3.21. The summed E-state index contributed by atoms with van der Waals surface area (Å²) in [6, 6.07) is 5.44. The fourth-order valence-electron chi connectivity index (χ4n) is 1.97. The second kappa shape index (κ2) is 6.67. The van der Waals surface area contributed by atoms with E-state index in [1.54, 1.807) is 29.8 Å². The molecule has 3 heterocycles. The molecule has 3 aromatic rings. The highest BCUT2D eigenvalue weighted by atomic mass is 32.1. The van der Waals surface area contributed by atoms with E-state index in [1.807, 2.05) is 23.8 Å². The van der Waals surface area contributed by atoms with E-state index in [1.165, 1.54) is 16.2 Å². The minimum Gasteiger partial charge on any atom is -0.331 e. The van der Waals surface area contributed by atoms with Gasteiger partial charge in [0.15, 0.2) is 0 Å². The Morgan fingerprint density at radius 1 is 1.27 bits per heavy atom. The summed E-state index contributed by atoms with van der Waals surface area (Å²) in [5.41, 5.74) is 2.48. The van der Waals surface area contributed by atoms with Crippen molar-refractivity contribution in [1.29, 1.82) is 0 Å². The molecule has 0 radical (unpaired) electrons. The molecule has 0 aliphatic heterocycles. The number of hydrogen-bond acceptors (Lipinski definition) is 5. The molecule has 3 rings (SSSR count). The second-order valence-corrected chi connectivity index (χ2v) is 6.67. The van der Waals surface area contributed by atoms with Gasteiger partial charge in [-0.3, -0.25) is 4.98 Å². The summed E-state index contributed by atoms with van der Waals surface area (Å²) in [6.07, 6.45) is 3.44. The molecule has 0 saturated carbocycles. The first-order valence-electron chi connectivity index (χ1n) is 6.66. The number of thiazole rings is 1. The molecule has 7 heteroatoms. The van der Waals surface area contributed by atoms with Crippen LogP contribution in [0.2, 0.25) is 0 Å². The number of rotatable bonds is 4. The highest BCUT2D eigenvalue weighted by Gasteiger charge is 2.10. The van der Waals surface area contributed by atoms with Crippen LogP contribution in [0.3, 0.4) is 0 Å². The molecule has 2 N–H and O–H groups in total. The Hall–Kier alpha value is -2.25. The molecule has 0 unspecified atom stereocenters. The zero-order chi connectivity index (χ0) is 15.4. The third kappa shape index (κ3) is 3.49.